The van der Waals surface area contributed by atoms with Crippen molar-refractivity contribution >= 4 is 54.1 Å². The summed E-state index contributed by atoms with van der Waals surface area (Å²) >= 11 is 11.9. The van der Waals surface area contributed by atoms with Crippen molar-refractivity contribution in [1.82, 2.24) is 10.6 Å². The van der Waals surface area contributed by atoms with Gasteiger partial charge in [0, 0.05) is 5.02 Å². The lowest BCUT2D eigenvalue weighted by atomic mass is 9.74. The summed E-state index contributed by atoms with van der Waals surface area (Å²) in [6, 6.07) is 4.42. The predicted octanol–water partition coefficient (Wildman–Crippen LogP) is 1.79. The first-order valence-corrected chi connectivity index (χ1v) is 10.3. The number of benzene rings is 1. The second-order valence-corrected chi connectivity index (χ2v) is 8.16. The summed E-state index contributed by atoms with van der Waals surface area (Å²) in [5.74, 6) is -2.95. The highest BCUT2D eigenvalue weighted by molar-refractivity contribution is 6.51. The van der Waals surface area contributed by atoms with E-state index in [9.17, 15) is 19.2 Å². The van der Waals surface area contributed by atoms with E-state index in [0.717, 1.165) is 0 Å². The van der Waals surface area contributed by atoms with Crippen LogP contribution in [0.15, 0.2) is 18.2 Å². The fourth-order valence-electron chi connectivity index (χ4n) is 2.91. The van der Waals surface area contributed by atoms with E-state index in [1.165, 1.54) is 19.2 Å². The molecule has 168 valence electrons. The zero-order valence-corrected chi connectivity index (χ0v) is 18.8. The normalized spacial score (nSPS) is 16.6. The lowest BCUT2D eigenvalue weighted by Gasteiger charge is -2.21. The molecular weight excluding hydrogens is 450 g/mol. The van der Waals surface area contributed by atoms with E-state index < -0.39 is 42.9 Å². The molecule has 12 heteroatoms. The van der Waals surface area contributed by atoms with Crippen LogP contribution in [0.2, 0.25) is 10.0 Å². The minimum Gasteiger partial charge on any atom is -0.506 e. The Morgan fingerprint density at radius 1 is 1.26 bits per heavy atom. The summed E-state index contributed by atoms with van der Waals surface area (Å²) in [7, 11) is 0.138. The average Bonchev–Trinajstić information content (AvgIpc) is 3.07. The van der Waals surface area contributed by atoms with Crippen molar-refractivity contribution in [2.24, 2.45) is 5.92 Å². The van der Waals surface area contributed by atoms with Crippen molar-refractivity contribution in [1.29, 1.82) is 0 Å². The van der Waals surface area contributed by atoms with Crippen LogP contribution in [0.5, 0.6) is 0 Å². The van der Waals surface area contributed by atoms with Gasteiger partial charge in [-0.3, -0.25) is 19.2 Å². The predicted molar refractivity (Wildman–Crippen MR) is 114 cm³/mol. The molecule has 0 spiro atoms. The molecule has 1 heterocycles. The molecule has 2 rings (SSSR count). The third kappa shape index (κ3) is 7.41. The van der Waals surface area contributed by atoms with Gasteiger partial charge in [0.25, 0.3) is 5.91 Å². The van der Waals surface area contributed by atoms with Gasteiger partial charge >= 0.3 is 19.1 Å². The molecule has 2 amide bonds. The van der Waals surface area contributed by atoms with Crippen molar-refractivity contribution in [3.63, 3.8) is 0 Å². The largest absolute Gasteiger partial charge is 0.552 e. The van der Waals surface area contributed by atoms with Gasteiger partial charge in [-0.15, -0.1) is 0 Å². The van der Waals surface area contributed by atoms with Crippen LogP contribution >= 0.6 is 23.2 Å². The molecule has 0 aromatic heterocycles. The molecule has 2 N–H and O–H groups in total. The number of amides is 2. The molecule has 31 heavy (non-hydrogen) atoms. The van der Waals surface area contributed by atoms with Gasteiger partial charge in [-0.1, -0.05) is 37.0 Å². The molecular formula is C19H23BCl2N2O7. The monoisotopic (exact) mass is 472 g/mol. The quantitative estimate of drug-likeness (QED) is 0.415. The number of rotatable bonds is 9. The van der Waals surface area contributed by atoms with Crippen LogP contribution < -0.4 is 10.6 Å². The van der Waals surface area contributed by atoms with E-state index in [1.807, 2.05) is 13.8 Å². The Morgan fingerprint density at radius 2 is 1.97 bits per heavy atom. The first-order valence-electron chi connectivity index (χ1n) is 9.56. The summed E-state index contributed by atoms with van der Waals surface area (Å²) in [5.41, 5.74) is 0.138. The maximum Gasteiger partial charge on any atom is 0.552 e. The van der Waals surface area contributed by atoms with Gasteiger partial charge in [-0.25, -0.2) is 0 Å². The molecule has 1 unspecified atom stereocenters. The van der Waals surface area contributed by atoms with Crippen LogP contribution in [0.3, 0.4) is 0 Å². The molecule has 0 bridgehead atoms. The third-order valence-electron chi connectivity index (χ3n) is 4.36. The molecule has 0 aliphatic carbocycles. The van der Waals surface area contributed by atoms with Gasteiger partial charge in [-0.2, -0.15) is 0 Å². The molecule has 1 aliphatic rings. The van der Waals surface area contributed by atoms with Gasteiger partial charge < -0.3 is 24.7 Å². The smallest absolute Gasteiger partial charge is 0.506 e. The molecule has 0 saturated carbocycles. The Labute approximate surface area is 190 Å². The number of carbonyl (C=O) groups is 4. The first kappa shape index (κ1) is 25.0. The van der Waals surface area contributed by atoms with E-state index in [0.29, 0.717) is 11.4 Å². The highest BCUT2D eigenvalue weighted by Gasteiger charge is 2.46. The zero-order valence-electron chi connectivity index (χ0n) is 17.3. The number of hydrogen-bond donors (Lipinski definition) is 2. The standard InChI is InChI=1S/C19H23BCl2N2O7/c1-10(2)6-15(20-30-14(19(28)31-20)8-17(26)29-3)24-16(25)9-23-18(27)12-7-11(21)4-5-13(12)22/h4-5,7,10,14-15H,6,8-9H2,1-3H3,(H,23,27)(H,24,25)/t14?,15-/m0/s1. The Bertz CT molecular complexity index is 853. The van der Waals surface area contributed by atoms with Gasteiger partial charge in [0.1, 0.15) is 0 Å². The molecule has 0 radical (unpaired) electrons. The highest BCUT2D eigenvalue weighted by Crippen LogP contribution is 2.21. The van der Waals surface area contributed by atoms with Crippen molar-refractivity contribution in [3.8, 4) is 0 Å². The number of esters is 1. The number of carbonyl (C=O) groups excluding carboxylic acids is 4. The summed E-state index contributed by atoms with van der Waals surface area (Å²) in [5, 5.41) is 5.69. The van der Waals surface area contributed by atoms with E-state index in [1.54, 1.807) is 6.07 Å². The first-order chi connectivity index (χ1) is 14.6. The van der Waals surface area contributed by atoms with E-state index >= 15 is 0 Å². The maximum absolute atomic E-state index is 12.4. The summed E-state index contributed by atoms with van der Waals surface area (Å²) in [6.45, 7) is 3.50. The van der Waals surface area contributed by atoms with Gasteiger partial charge in [0.2, 0.25) is 5.91 Å². The number of hydrogen-bond acceptors (Lipinski definition) is 7. The van der Waals surface area contributed by atoms with Crippen molar-refractivity contribution in [3.05, 3.63) is 33.8 Å². The van der Waals surface area contributed by atoms with Crippen LogP contribution in [0, 0.1) is 5.92 Å². The number of nitrogens with one attached hydrogen (secondary N) is 2. The minimum absolute atomic E-state index is 0.132. The molecule has 1 fully saturated rings. The minimum atomic E-state index is -1.10. The van der Waals surface area contributed by atoms with E-state index in [-0.39, 0.29) is 29.5 Å². The topological polar surface area (TPSA) is 120 Å². The average molecular weight is 473 g/mol. The van der Waals surface area contributed by atoms with Gasteiger partial charge in [-0.05, 0) is 30.5 Å². The Morgan fingerprint density at radius 3 is 2.61 bits per heavy atom. The number of ether oxygens (including phenoxy) is 1. The fraction of sp³-hybridized carbons (Fsp3) is 0.474. The highest BCUT2D eigenvalue weighted by atomic mass is 35.5. The van der Waals surface area contributed by atoms with Crippen molar-refractivity contribution in [2.75, 3.05) is 13.7 Å². The van der Waals surface area contributed by atoms with Crippen LogP contribution in [0.1, 0.15) is 37.0 Å². The van der Waals surface area contributed by atoms with Crippen LogP contribution in [0.25, 0.3) is 0 Å². The Balaban J connectivity index is 1.96. The lowest BCUT2D eigenvalue weighted by molar-refractivity contribution is -0.147. The maximum atomic E-state index is 12.4. The molecule has 1 aromatic carbocycles. The van der Waals surface area contributed by atoms with Crippen LogP contribution in [-0.4, -0.2) is 56.6 Å². The molecule has 1 saturated heterocycles. The molecule has 1 aromatic rings. The summed E-state index contributed by atoms with van der Waals surface area (Å²) in [6.07, 6.45) is -0.957. The van der Waals surface area contributed by atoms with Crippen molar-refractivity contribution in [2.45, 2.75) is 38.7 Å². The Kier molecular flexibility index (Phi) is 9.15. The Hall–Kier alpha value is -2.30. The summed E-state index contributed by atoms with van der Waals surface area (Å²) < 4.78 is 15.3. The second-order valence-electron chi connectivity index (χ2n) is 7.32. The van der Waals surface area contributed by atoms with E-state index in [2.05, 4.69) is 15.4 Å². The van der Waals surface area contributed by atoms with Gasteiger partial charge in [0.15, 0.2) is 6.10 Å². The fourth-order valence-corrected chi connectivity index (χ4v) is 3.29. The molecule has 2 atom stereocenters. The van der Waals surface area contributed by atoms with Crippen LogP contribution in [-0.2, 0) is 28.4 Å². The lowest BCUT2D eigenvalue weighted by Crippen LogP contribution is -2.50. The third-order valence-corrected chi connectivity index (χ3v) is 4.92. The SMILES string of the molecule is COC(=O)CC1OB([C@H](CC(C)C)NC(=O)CNC(=O)c2cc(Cl)ccc2Cl)OC1=O. The zero-order chi connectivity index (χ0) is 23.1. The number of methoxy groups -OCH3 is 1. The van der Waals surface area contributed by atoms with Gasteiger partial charge in [0.05, 0.1) is 36.6 Å². The molecule has 9 nitrogen and oxygen atoms in total. The molecule has 1 aliphatic heterocycles. The van der Waals surface area contributed by atoms with Crippen LogP contribution in [0.4, 0.5) is 0 Å². The number of halogens is 2. The summed E-state index contributed by atoms with van der Waals surface area (Å²) in [4.78, 5) is 48.1. The van der Waals surface area contributed by atoms with E-state index in [4.69, 9.17) is 32.5 Å². The second kappa shape index (κ2) is 11.4. The van der Waals surface area contributed by atoms with Crippen molar-refractivity contribution < 1.29 is 33.2 Å².